The first kappa shape index (κ1) is 18.3. The van der Waals surface area contributed by atoms with Crippen molar-refractivity contribution in [2.75, 3.05) is 0 Å². The van der Waals surface area contributed by atoms with Crippen LogP contribution in [0, 0.1) is 5.92 Å². The Balaban J connectivity index is 3.33. The second-order valence-electron chi connectivity index (χ2n) is 5.73. The van der Waals surface area contributed by atoms with Crippen LogP contribution in [-0.4, -0.2) is 0 Å². The summed E-state index contributed by atoms with van der Waals surface area (Å²) in [6.07, 6.45) is 2.55. The third-order valence-electron chi connectivity index (χ3n) is 3.63. The Morgan fingerprint density at radius 3 is 2.14 bits per heavy atom. The van der Waals surface area contributed by atoms with Gasteiger partial charge in [0.2, 0.25) is 0 Å². The Morgan fingerprint density at radius 1 is 1.05 bits per heavy atom. The van der Waals surface area contributed by atoms with Gasteiger partial charge in [-0.05, 0) is 42.4 Å². The average molecular weight is 330 g/mol. The number of benzene rings is 1. The van der Waals surface area contributed by atoms with E-state index in [1.807, 2.05) is 13.8 Å². The molecule has 1 aromatic rings. The Hall–Kier alpha value is -0.780. The summed E-state index contributed by atoms with van der Waals surface area (Å²) in [5.41, 5.74) is 0.0387. The van der Waals surface area contributed by atoms with E-state index in [4.69, 9.17) is 0 Å². The second-order valence-corrected chi connectivity index (χ2v) is 8.11. The molecule has 0 nitrogen and oxygen atoms in total. The molecular formula is C15H23F5S. The smallest absolute Gasteiger partial charge is 0.0936 e. The van der Waals surface area contributed by atoms with Crippen molar-refractivity contribution < 1.29 is 19.4 Å². The molecule has 124 valence electrons. The first-order valence-corrected chi connectivity index (χ1v) is 9.18. The lowest BCUT2D eigenvalue weighted by molar-refractivity contribution is 0.361. The maximum Gasteiger partial charge on any atom is 0.310 e. The highest BCUT2D eigenvalue weighted by Crippen LogP contribution is 3.02. The van der Waals surface area contributed by atoms with Crippen LogP contribution in [0.2, 0.25) is 0 Å². The van der Waals surface area contributed by atoms with Gasteiger partial charge in [-0.15, -0.1) is 0 Å². The number of unbranched alkanes of at least 4 members (excludes halogenated alkanes) is 1. The molecule has 1 rings (SSSR count). The van der Waals surface area contributed by atoms with E-state index in [9.17, 15) is 19.4 Å². The van der Waals surface area contributed by atoms with Crippen LogP contribution in [0.5, 0.6) is 0 Å². The van der Waals surface area contributed by atoms with Crippen molar-refractivity contribution in [2.24, 2.45) is 5.92 Å². The SMILES string of the molecule is CCCCc1ccc(CC(C)CC)c(S(F)(F)(F)(F)F)c1. The Labute approximate surface area is 123 Å². The van der Waals surface area contributed by atoms with Gasteiger partial charge in [0.25, 0.3) is 0 Å². The molecule has 1 unspecified atom stereocenters. The zero-order valence-corrected chi connectivity index (χ0v) is 13.5. The van der Waals surface area contributed by atoms with Crippen LogP contribution in [0.25, 0.3) is 0 Å². The van der Waals surface area contributed by atoms with E-state index >= 15 is 0 Å². The molecule has 0 aliphatic rings. The van der Waals surface area contributed by atoms with E-state index in [0.717, 1.165) is 6.42 Å². The van der Waals surface area contributed by atoms with Crippen molar-refractivity contribution in [3.8, 4) is 0 Å². The van der Waals surface area contributed by atoms with Crippen LogP contribution in [0.3, 0.4) is 0 Å². The quantitative estimate of drug-likeness (QED) is 0.461. The molecule has 6 heteroatoms. The predicted octanol–water partition coefficient (Wildman–Crippen LogP) is 7.28. The fourth-order valence-corrected chi connectivity index (χ4v) is 3.20. The first-order chi connectivity index (χ1) is 9.37. The molecule has 0 aliphatic heterocycles. The van der Waals surface area contributed by atoms with E-state index in [2.05, 4.69) is 0 Å². The average Bonchev–Trinajstić information content (AvgIpc) is 2.34. The van der Waals surface area contributed by atoms with Crippen molar-refractivity contribution in [3.63, 3.8) is 0 Å². The summed E-state index contributed by atoms with van der Waals surface area (Å²) < 4.78 is 66.3. The van der Waals surface area contributed by atoms with Gasteiger partial charge in [-0.3, -0.25) is 0 Å². The van der Waals surface area contributed by atoms with Gasteiger partial charge in [-0.2, -0.15) is 0 Å². The minimum absolute atomic E-state index is 0.0193. The molecule has 0 spiro atoms. The first-order valence-electron chi connectivity index (χ1n) is 7.23. The van der Waals surface area contributed by atoms with Gasteiger partial charge in [0, 0.05) is 0 Å². The molecule has 0 N–H and O–H groups in total. The zero-order chi connectivity index (χ0) is 16.4. The Morgan fingerprint density at radius 2 is 1.67 bits per heavy atom. The number of halogens is 5. The van der Waals surface area contributed by atoms with E-state index in [-0.39, 0.29) is 17.9 Å². The van der Waals surface area contributed by atoms with E-state index in [1.54, 1.807) is 13.0 Å². The molecule has 0 saturated carbocycles. The highest BCUT2D eigenvalue weighted by molar-refractivity contribution is 8.45. The topological polar surface area (TPSA) is 0 Å². The fraction of sp³-hybridized carbons (Fsp3) is 0.600. The standard InChI is InChI=1S/C15H23F5S/c1-4-6-7-13-8-9-14(10-12(3)5-2)15(11-13)21(16,17,18,19)20/h8-9,11-12H,4-7,10H2,1-3H3. The van der Waals surface area contributed by atoms with Crippen molar-refractivity contribution in [1.82, 2.24) is 0 Å². The summed E-state index contributed by atoms with van der Waals surface area (Å²) in [6.45, 7) is 5.50. The van der Waals surface area contributed by atoms with Crippen LogP contribution >= 0.6 is 10.2 Å². The largest absolute Gasteiger partial charge is 0.310 e. The molecule has 0 amide bonds. The summed E-state index contributed by atoms with van der Waals surface area (Å²) in [5, 5.41) is 0. The molecule has 0 aromatic heterocycles. The van der Waals surface area contributed by atoms with E-state index in [1.165, 1.54) is 6.07 Å². The molecule has 0 radical (unpaired) electrons. The van der Waals surface area contributed by atoms with Crippen LogP contribution in [0.15, 0.2) is 23.1 Å². The molecule has 0 heterocycles. The maximum absolute atomic E-state index is 13.3. The van der Waals surface area contributed by atoms with Gasteiger partial charge in [-0.1, -0.05) is 65.2 Å². The van der Waals surface area contributed by atoms with Crippen LogP contribution in [0.4, 0.5) is 19.4 Å². The lowest BCUT2D eigenvalue weighted by atomic mass is 9.97. The summed E-state index contributed by atoms with van der Waals surface area (Å²) in [5.74, 6) is -0.0646. The van der Waals surface area contributed by atoms with Crippen LogP contribution in [-0.2, 0) is 12.8 Å². The molecule has 1 aromatic carbocycles. The molecule has 0 aliphatic carbocycles. The Kier molecular flexibility index (Phi) is 4.74. The maximum atomic E-state index is 13.3. The number of aryl methyl sites for hydroxylation is 1. The van der Waals surface area contributed by atoms with E-state index in [0.29, 0.717) is 30.9 Å². The van der Waals surface area contributed by atoms with Crippen LogP contribution < -0.4 is 0 Å². The molecule has 1 atom stereocenters. The molecule has 0 saturated heterocycles. The van der Waals surface area contributed by atoms with Crippen LogP contribution in [0.1, 0.15) is 51.2 Å². The summed E-state index contributed by atoms with van der Waals surface area (Å²) in [6, 6.07) is 3.43. The fourth-order valence-electron chi connectivity index (χ4n) is 2.18. The molecule has 21 heavy (non-hydrogen) atoms. The van der Waals surface area contributed by atoms with Gasteiger partial charge in [0.15, 0.2) is 0 Å². The van der Waals surface area contributed by atoms with Crippen molar-refractivity contribution in [3.05, 3.63) is 29.3 Å². The summed E-state index contributed by atoms with van der Waals surface area (Å²) in [4.78, 5) is -1.69. The third-order valence-corrected chi connectivity index (χ3v) is 4.84. The highest BCUT2D eigenvalue weighted by atomic mass is 32.5. The number of rotatable bonds is 7. The summed E-state index contributed by atoms with van der Waals surface area (Å²) in [7, 11) is -9.64. The van der Waals surface area contributed by atoms with Crippen molar-refractivity contribution in [1.29, 1.82) is 0 Å². The van der Waals surface area contributed by atoms with E-state index < -0.39 is 15.1 Å². The molecular weight excluding hydrogens is 307 g/mol. The van der Waals surface area contributed by atoms with Gasteiger partial charge in [0.05, 0.1) is 0 Å². The lowest BCUT2D eigenvalue weighted by Crippen LogP contribution is -2.12. The predicted molar refractivity (Wildman–Crippen MR) is 79.6 cm³/mol. The minimum atomic E-state index is -9.64. The number of hydrogen-bond donors (Lipinski definition) is 0. The second kappa shape index (κ2) is 5.45. The van der Waals surface area contributed by atoms with Gasteiger partial charge in [-0.25, -0.2) is 0 Å². The molecule has 0 fully saturated rings. The zero-order valence-electron chi connectivity index (χ0n) is 12.6. The third kappa shape index (κ3) is 5.49. The van der Waals surface area contributed by atoms with Gasteiger partial charge in [0.1, 0.15) is 4.90 Å². The van der Waals surface area contributed by atoms with Crippen molar-refractivity contribution in [2.45, 2.75) is 57.8 Å². The molecule has 0 bridgehead atoms. The monoisotopic (exact) mass is 330 g/mol. The normalized spacial score (nSPS) is 17.1. The Bertz CT molecular complexity index is 492. The lowest BCUT2D eigenvalue weighted by Gasteiger charge is -2.42. The van der Waals surface area contributed by atoms with Gasteiger partial charge >= 0.3 is 10.2 Å². The summed E-state index contributed by atoms with van der Waals surface area (Å²) >= 11 is 0. The van der Waals surface area contributed by atoms with Gasteiger partial charge < -0.3 is 0 Å². The highest BCUT2D eigenvalue weighted by Gasteiger charge is 2.66. The minimum Gasteiger partial charge on any atom is -0.0936 e. The number of hydrogen-bond acceptors (Lipinski definition) is 0. The van der Waals surface area contributed by atoms with Crippen molar-refractivity contribution >= 4 is 10.2 Å².